The summed E-state index contributed by atoms with van der Waals surface area (Å²) in [6.07, 6.45) is 4.43. The molecule has 0 radical (unpaired) electrons. The van der Waals surface area contributed by atoms with Crippen molar-refractivity contribution in [2.75, 3.05) is 0 Å². The number of rotatable bonds is 10. The number of carbonyl (C=O) groups is 2. The van der Waals surface area contributed by atoms with Crippen LogP contribution in [0.4, 0.5) is 4.39 Å². The Kier molecular flexibility index (Phi) is 7.12. The molecule has 0 saturated heterocycles. The summed E-state index contributed by atoms with van der Waals surface area (Å²) in [4.78, 5) is 31.4. The molecule has 3 N–H and O–H groups in total. The Bertz CT molecular complexity index is 1080. The fourth-order valence-corrected chi connectivity index (χ4v) is 3.49. The van der Waals surface area contributed by atoms with Crippen molar-refractivity contribution in [3.63, 3.8) is 0 Å². The Morgan fingerprint density at radius 1 is 1.13 bits per heavy atom. The van der Waals surface area contributed by atoms with Crippen LogP contribution in [0.2, 0.25) is 0 Å². The van der Waals surface area contributed by atoms with Crippen LogP contribution in [0.1, 0.15) is 51.7 Å². The number of amides is 1. The number of carboxylic acids is 1. The van der Waals surface area contributed by atoms with Crippen molar-refractivity contribution in [2.24, 2.45) is 5.73 Å². The van der Waals surface area contributed by atoms with E-state index in [4.69, 9.17) is 5.73 Å². The predicted octanol–water partition coefficient (Wildman–Crippen LogP) is 3.07. The minimum absolute atomic E-state index is 0.222. The largest absolute Gasteiger partial charge is 0.478 e. The number of hydrogen-bond acceptors (Lipinski definition) is 4. The van der Waals surface area contributed by atoms with Gasteiger partial charge in [-0.1, -0.05) is 12.1 Å². The first kappa shape index (κ1) is 22.1. The van der Waals surface area contributed by atoms with Crippen molar-refractivity contribution >= 4 is 11.9 Å². The number of aromatic nitrogens is 3. The van der Waals surface area contributed by atoms with Crippen LogP contribution in [0, 0.1) is 12.7 Å². The number of carbonyl (C=O) groups excluding carboxylic acids is 1. The molecule has 31 heavy (non-hydrogen) atoms. The van der Waals surface area contributed by atoms with Crippen LogP contribution in [0.25, 0.3) is 0 Å². The van der Waals surface area contributed by atoms with Crippen LogP contribution in [0.3, 0.4) is 0 Å². The van der Waals surface area contributed by atoms with Crippen LogP contribution >= 0.6 is 0 Å². The Morgan fingerprint density at radius 2 is 1.87 bits per heavy atom. The first-order chi connectivity index (χ1) is 14.8. The summed E-state index contributed by atoms with van der Waals surface area (Å²) in [5, 5.41) is 9.23. The highest BCUT2D eigenvalue weighted by Gasteiger charge is 2.13. The number of nitrogens with two attached hydrogens (primary N) is 1. The normalized spacial score (nSPS) is 10.9. The zero-order chi connectivity index (χ0) is 22.4. The molecule has 0 aliphatic rings. The lowest BCUT2D eigenvalue weighted by molar-refractivity contribution is -0.118. The summed E-state index contributed by atoms with van der Waals surface area (Å²) >= 11 is 0. The van der Waals surface area contributed by atoms with Gasteiger partial charge in [-0.3, -0.25) is 9.78 Å². The topological polar surface area (TPSA) is 111 Å². The Hall–Kier alpha value is -3.55. The Balaban J connectivity index is 1.74. The second kappa shape index (κ2) is 9.97. The van der Waals surface area contributed by atoms with Crippen molar-refractivity contribution < 1.29 is 19.1 Å². The first-order valence-corrected chi connectivity index (χ1v) is 10.1. The van der Waals surface area contributed by atoms with E-state index in [-0.39, 0.29) is 23.7 Å². The van der Waals surface area contributed by atoms with Crippen LogP contribution in [-0.4, -0.2) is 31.5 Å². The number of imidazole rings is 1. The van der Waals surface area contributed by atoms with Crippen molar-refractivity contribution in [3.8, 4) is 0 Å². The molecule has 8 heteroatoms. The van der Waals surface area contributed by atoms with Crippen LogP contribution in [0.15, 0.2) is 42.6 Å². The summed E-state index contributed by atoms with van der Waals surface area (Å²) in [7, 11) is 0. The van der Waals surface area contributed by atoms with E-state index in [0.717, 1.165) is 29.2 Å². The number of carboxylic acid groups (broad SMARTS) is 1. The van der Waals surface area contributed by atoms with E-state index in [1.165, 1.54) is 12.1 Å². The molecule has 0 saturated carbocycles. The Morgan fingerprint density at radius 3 is 2.55 bits per heavy atom. The molecule has 0 aliphatic heterocycles. The number of aromatic carboxylic acids is 1. The molecule has 0 unspecified atom stereocenters. The van der Waals surface area contributed by atoms with E-state index in [0.29, 0.717) is 31.5 Å². The van der Waals surface area contributed by atoms with Crippen molar-refractivity contribution in [2.45, 2.75) is 45.6 Å². The minimum Gasteiger partial charge on any atom is -0.478 e. The van der Waals surface area contributed by atoms with Crippen LogP contribution in [0.5, 0.6) is 0 Å². The van der Waals surface area contributed by atoms with Gasteiger partial charge in [0.15, 0.2) is 0 Å². The number of hydrogen-bond donors (Lipinski definition) is 2. The monoisotopic (exact) mass is 424 g/mol. The molecule has 0 atom stereocenters. The van der Waals surface area contributed by atoms with Crippen molar-refractivity contribution in [3.05, 3.63) is 82.4 Å². The first-order valence-electron chi connectivity index (χ1n) is 10.1. The van der Waals surface area contributed by atoms with Gasteiger partial charge in [0.2, 0.25) is 5.91 Å². The average Bonchev–Trinajstić information content (AvgIpc) is 3.09. The van der Waals surface area contributed by atoms with Gasteiger partial charge >= 0.3 is 5.97 Å². The van der Waals surface area contributed by atoms with Crippen molar-refractivity contribution in [1.29, 1.82) is 0 Å². The Labute approximate surface area is 179 Å². The summed E-state index contributed by atoms with van der Waals surface area (Å²) in [6.45, 7) is 2.28. The van der Waals surface area contributed by atoms with E-state index in [1.807, 2.05) is 4.57 Å². The maximum absolute atomic E-state index is 13.3. The van der Waals surface area contributed by atoms with E-state index in [1.54, 1.807) is 37.4 Å². The standard InChI is InChI=1S/C23H25FN4O3/c1-15-11-17(23(30)31)12-19(27-15)3-2-4-22-26-13-20(9-10-21(25)29)28(22)14-16-5-7-18(24)8-6-16/h5-8,11-13H,2-4,9-10,14H2,1H3,(H2,25,29)(H,30,31). The highest BCUT2D eigenvalue weighted by atomic mass is 19.1. The molecule has 1 aromatic carbocycles. The summed E-state index contributed by atoms with van der Waals surface area (Å²) in [5.74, 6) is -0.804. The van der Waals surface area contributed by atoms with Crippen LogP contribution < -0.4 is 5.73 Å². The predicted molar refractivity (Wildman–Crippen MR) is 113 cm³/mol. The van der Waals surface area contributed by atoms with Gasteiger partial charge in [-0.25, -0.2) is 14.2 Å². The number of halogens is 1. The molecule has 0 spiro atoms. The summed E-state index contributed by atoms with van der Waals surface area (Å²) in [5.41, 5.74) is 8.73. The third-order valence-corrected chi connectivity index (χ3v) is 4.99. The maximum atomic E-state index is 13.3. The molecule has 162 valence electrons. The van der Waals surface area contributed by atoms with Crippen LogP contribution in [-0.2, 0) is 30.6 Å². The van der Waals surface area contributed by atoms with Gasteiger partial charge in [0, 0.05) is 42.7 Å². The van der Waals surface area contributed by atoms with E-state index < -0.39 is 5.97 Å². The molecule has 2 aromatic heterocycles. The van der Waals surface area contributed by atoms with Crippen molar-refractivity contribution in [1.82, 2.24) is 14.5 Å². The lowest BCUT2D eigenvalue weighted by Crippen LogP contribution is -2.14. The fraction of sp³-hybridized carbons (Fsp3) is 0.304. The molecule has 1 amide bonds. The minimum atomic E-state index is -0.972. The molecule has 0 aliphatic carbocycles. The lowest BCUT2D eigenvalue weighted by atomic mass is 10.1. The molecule has 2 heterocycles. The zero-order valence-corrected chi connectivity index (χ0v) is 17.3. The average molecular weight is 424 g/mol. The van der Waals surface area contributed by atoms with Gasteiger partial charge in [-0.05, 0) is 56.0 Å². The molecular formula is C23H25FN4O3. The van der Waals surface area contributed by atoms with E-state index >= 15 is 0 Å². The molecular weight excluding hydrogens is 399 g/mol. The zero-order valence-electron chi connectivity index (χ0n) is 17.3. The van der Waals surface area contributed by atoms with E-state index in [9.17, 15) is 19.1 Å². The smallest absolute Gasteiger partial charge is 0.335 e. The molecule has 3 aromatic rings. The quantitative estimate of drug-likeness (QED) is 0.520. The van der Waals surface area contributed by atoms with E-state index in [2.05, 4.69) is 9.97 Å². The van der Waals surface area contributed by atoms with Gasteiger partial charge < -0.3 is 15.4 Å². The van der Waals surface area contributed by atoms with Gasteiger partial charge in [-0.2, -0.15) is 0 Å². The van der Waals surface area contributed by atoms with Gasteiger partial charge in [-0.15, -0.1) is 0 Å². The van der Waals surface area contributed by atoms with Gasteiger partial charge in [0.25, 0.3) is 0 Å². The SMILES string of the molecule is Cc1cc(C(=O)O)cc(CCCc2ncc(CCC(N)=O)n2Cc2ccc(F)cc2)n1. The van der Waals surface area contributed by atoms with Gasteiger partial charge in [0.1, 0.15) is 11.6 Å². The highest BCUT2D eigenvalue weighted by Crippen LogP contribution is 2.16. The highest BCUT2D eigenvalue weighted by molar-refractivity contribution is 5.87. The molecule has 0 fully saturated rings. The molecule has 3 rings (SSSR count). The molecule has 7 nitrogen and oxygen atoms in total. The number of pyridine rings is 1. The summed E-state index contributed by atoms with van der Waals surface area (Å²) < 4.78 is 15.3. The summed E-state index contributed by atoms with van der Waals surface area (Å²) in [6, 6.07) is 9.42. The second-order valence-electron chi connectivity index (χ2n) is 7.49. The third kappa shape index (κ3) is 6.21. The number of benzene rings is 1. The third-order valence-electron chi connectivity index (χ3n) is 4.99. The number of aryl methyl sites for hydroxylation is 4. The number of nitrogens with zero attached hydrogens (tertiary/aromatic N) is 3. The van der Waals surface area contributed by atoms with Gasteiger partial charge in [0.05, 0.1) is 5.56 Å². The molecule has 0 bridgehead atoms. The maximum Gasteiger partial charge on any atom is 0.335 e. The second-order valence-corrected chi connectivity index (χ2v) is 7.49. The lowest BCUT2D eigenvalue weighted by Gasteiger charge is -2.12. The number of primary amides is 1. The fourth-order valence-electron chi connectivity index (χ4n) is 3.49.